The van der Waals surface area contributed by atoms with E-state index >= 15 is 0 Å². The molecular weight excluding hydrogens is 408 g/mol. The first kappa shape index (κ1) is 21.5. The van der Waals surface area contributed by atoms with Crippen LogP contribution in [0.4, 0.5) is 0 Å². The van der Waals surface area contributed by atoms with E-state index in [9.17, 15) is 4.79 Å². The largest absolute Gasteiger partial charge is 0.334 e. The van der Waals surface area contributed by atoms with Crippen molar-refractivity contribution in [3.05, 3.63) is 58.7 Å². The average molecular weight is 437 g/mol. The molecule has 0 spiro atoms. The smallest absolute Gasteiger partial charge is 0.276 e. The maximum Gasteiger partial charge on any atom is 0.276 e. The first-order valence-electron chi connectivity index (χ1n) is 10.7. The maximum absolute atomic E-state index is 13.4. The molecule has 1 aliphatic heterocycles. The Balaban J connectivity index is 1.69. The van der Waals surface area contributed by atoms with Crippen molar-refractivity contribution >= 4 is 17.7 Å². The van der Waals surface area contributed by atoms with Gasteiger partial charge in [0.05, 0.1) is 11.4 Å². The molecule has 4 rings (SSSR count). The Hall–Kier alpha value is -2.74. The lowest BCUT2D eigenvalue weighted by molar-refractivity contribution is 0.0628. The molecule has 8 heteroatoms. The molecular formula is C23H28N6OS. The fraction of sp³-hybridized carbons (Fsp3) is 0.435. The quantitative estimate of drug-likeness (QED) is 0.439. The van der Waals surface area contributed by atoms with Gasteiger partial charge in [0.2, 0.25) is 0 Å². The van der Waals surface area contributed by atoms with Gasteiger partial charge in [-0.2, -0.15) is 0 Å². The SMILES string of the molecule is Cc1ccc(-n2nnc(C(=O)N3CCCCC3C)c2CSc2nc(C)cc(C)n2)cc1. The molecule has 0 aliphatic carbocycles. The lowest BCUT2D eigenvalue weighted by atomic mass is 10.0. The first-order valence-corrected chi connectivity index (χ1v) is 11.7. The minimum atomic E-state index is -0.0393. The lowest BCUT2D eigenvalue weighted by Crippen LogP contribution is -2.42. The number of aromatic nitrogens is 5. The molecule has 0 bridgehead atoms. The molecule has 1 atom stereocenters. The van der Waals surface area contributed by atoms with Gasteiger partial charge in [-0.25, -0.2) is 14.6 Å². The zero-order chi connectivity index (χ0) is 22.0. The lowest BCUT2D eigenvalue weighted by Gasteiger charge is -2.33. The summed E-state index contributed by atoms with van der Waals surface area (Å²) in [6.45, 7) is 8.85. The van der Waals surface area contributed by atoms with Crippen LogP contribution in [0.3, 0.4) is 0 Å². The van der Waals surface area contributed by atoms with Gasteiger partial charge in [-0.3, -0.25) is 4.79 Å². The maximum atomic E-state index is 13.4. The summed E-state index contributed by atoms with van der Waals surface area (Å²) < 4.78 is 1.77. The Labute approximate surface area is 187 Å². The summed E-state index contributed by atoms with van der Waals surface area (Å²) in [4.78, 5) is 24.4. The van der Waals surface area contributed by atoms with Gasteiger partial charge in [0.1, 0.15) is 0 Å². The second-order valence-corrected chi connectivity index (χ2v) is 9.14. The van der Waals surface area contributed by atoms with Crippen LogP contribution in [0.5, 0.6) is 0 Å². The van der Waals surface area contributed by atoms with Crippen LogP contribution in [0.2, 0.25) is 0 Å². The zero-order valence-corrected chi connectivity index (χ0v) is 19.3. The van der Waals surface area contributed by atoms with Crippen LogP contribution >= 0.6 is 11.8 Å². The molecule has 162 valence electrons. The van der Waals surface area contributed by atoms with Gasteiger partial charge in [0, 0.05) is 29.7 Å². The van der Waals surface area contributed by atoms with E-state index in [-0.39, 0.29) is 11.9 Å². The van der Waals surface area contributed by atoms with Crippen LogP contribution < -0.4 is 0 Å². The summed E-state index contributed by atoms with van der Waals surface area (Å²) in [6, 6.07) is 10.3. The van der Waals surface area contributed by atoms with Crippen LogP contribution in [-0.4, -0.2) is 48.4 Å². The number of amides is 1. The number of benzene rings is 1. The molecule has 1 fully saturated rings. The van der Waals surface area contributed by atoms with Crippen molar-refractivity contribution in [1.82, 2.24) is 29.9 Å². The average Bonchev–Trinajstić information content (AvgIpc) is 3.16. The number of hydrogen-bond acceptors (Lipinski definition) is 6. The third kappa shape index (κ3) is 4.79. The number of aryl methyl sites for hydroxylation is 3. The Bertz CT molecular complexity index is 1060. The van der Waals surface area contributed by atoms with E-state index in [0.29, 0.717) is 16.6 Å². The van der Waals surface area contributed by atoms with Crippen LogP contribution in [0.25, 0.3) is 5.69 Å². The Morgan fingerprint density at radius 3 is 2.48 bits per heavy atom. The van der Waals surface area contributed by atoms with Crippen LogP contribution in [0, 0.1) is 20.8 Å². The van der Waals surface area contributed by atoms with E-state index in [4.69, 9.17) is 0 Å². The highest BCUT2D eigenvalue weighted by Crippen LogP contribution is 2.26. The number of carbonyl (C=O) groups is 1. The number of hydrogen-bond donors (Lipinski definition) is 0. The minimum Gasteiger partial charge on any atom is -0.334 e. The number of rotatable bonds is 5. The van der Waals surface area contributed by atoms with E-state index < -0.39 is 0 Å². The topological polar surface area (TPSA) is 76.8 Å². The summed E-state index contributed by atoms with van der Waals surface area (Å²) in [5, 5.41) is 9.40. The summed E-state index contributed by atoms with van der Waals surface area (Å²) in [6.07, 6.45) is 3.22. The van der Waals surface area contributed by atoms with Crippen LogP contribution in [0.15, 0.2) is 35.5 Å². The summed E-state index contributed by atoms with van der Waals surface area (Å²) in [5.74, 6) is 0.468. The molecule has 1 aromatic carbocycles. The van der Waals surface area contributed by atoms with Gasteiger partial charge < -0.3 is 4.90 Å². The van der Waals surface area contributed by atoms with Gasteiger partial charge >= 0.3 is 0 Å². The highest BCUT2D eigenvalue weighted by molar-refractivity contribution is 7.98. The molecule has 0 N–H and O–H groups in total. The third-order valence-corrected chi connectivity index (χ3v) is 6.47. The highest BCUT2D eigenvalue weighted by Gasteiger charge is 2.29. The normalized spacial score (nSPS) is 16.5. The van der Waals surface area contributed by atoms with Gasteiger partial charge in [0.15, 0.2) is 10.9 Å². The molecule has 1 aliphatic rings. The molecule has 1 amide bonds. The Kier molecular flexibility index (Phi) is 6.36. The second-order valence-electron chi connectivity index (χ2n) is 8.20. The van der Waals surface area contributed by atoms with Gasteiger partial charge in [0.25, 0.3) is 5.91 Å². The van der Waals surface area contributed by atoms with Crippen molar-refractivity contribution in [2.45, 2.75) is 63.9 Å². The highest BCUT2D eigenvalue weighted by atomic mass is 32.2. The first-order chi connectivity index (χ1) is 14.9. The number of piperidine rings is 1. The molecule has 1 saturated heterocycles. The minimum absolute atomic E-state index is 0.0393. The van der Waals surface area contributed by atoms with Gasteiger partial charge in [-0.1, -0.05) is 34.7 Å². The zero-order valence-electron chi connectivity index (χ0n) is 18.5. The van der Waals surface area contributed by atoms with Crippen molar-refractivity contribution in [3.8, 4) is 5.69 Å². The molecule has 2 aromatic heterocycles. The van der Waals surface area contributed by atoms with Crippen LogP contribution in [0.1, 0.15) is 59.3 Å². The second kappa shape index (κ2) is 9.18. The number of thioether (sulfide) groups is 1. The van der Waals surface area contributed by atoms with Crippen LogP contribution in [-0.2, 0) is 5.75 Å². The molecule has 0 radical (unpaired) electrons. The van der Waals surface area contributed by atoms with E-state index in [1.165, 1.54) is 17.3 Å². The van der Waals surface area contributed by atoms with Gasteiger partial charge in [-0.15, -0.1) is 5.10 Å². The predicted molar refractivity (Wildman–Crippen MR) is 122 cm³/mol. The van der Waals surface area contributed by atoms with E-state index in [0.717, 1.165) is 48.6 Å². The van der Waals surface area contributed by atoms with Crippen molar-refractivity contribution in [2.24, 2.45) is 0 Å². The summed E-state index contributed by atoms with van der Waals surface area (Å²) in [7, 11) is 0. The molecule has 1 unspecified atom stereocenters. The van der Waals surface area contributed by atoms with E-state index in [1.54, 1.807) is 4.68 Å². The summed E-state index contributed by atoms with van der Waals surface area (Å²) >= 11 is 1.50. The Morgan fingerprint density at radius 2 is 1.81 bits per heavy atom. The van der Waals surface area contributed by atoms with Gasteiger partial charge in [-0.05, 0) is 65.2 Å². The molecule has 7 nitrogen and oxygen atoms in total. The fourth-order valence-electron chi connectivity index (χ4n) is 3.92. The third-order valence-electron chi connectivity index (χ3n) is 5.61. The van der Waals surface area contributed by atoms with Crippen molar-refractivity contribution < 1.29 is 4.79 Å². The Morgan fingerprint density at radius 1 is 1.10 bits per heavy atom. The molecule has 3 heterocycles. The van der Waals surface area contributed by atoms with E-state index in [1.807, 2.05) is 56.0 Å². The standard InChI is InChI=1S/C23H28N6OS/c1-15-8-10-19(11-9-15)29-20(14-31-23-24-16(2)13-17(3)25-23)21(26-27-29)22(30)28-12-6-5-7-18(28)4/h8-11,13,18H,5-7,12,14H2,1-4H3. The fourth-order valence-corrected chi connectivity index (χ4v) is 4.86. The van der Waals surface area contributed by atoms with Crippen molar-refractivity contribution in [2.75, 3.05) is 6.54 Å². The predicted octanol–water partition coefficient (Wildman–Crippen LogP) is 4.29. The molecule has 0 saturated carbocycles. The molecule has 3 aromatic rings. The van der Waals surface area contributed by atoms with Crippen molar-refractivity contribution in [1.29, 1.82) is 0 Å². The number of carbonyl (C=O) groups excluding carboxylic acids is 1. The number of likely N-dealkylation sites (tertiary alicyclic amines) is 1. The van der Waals surface area contributed by atoms with E-state index in [2.05, 4.69) is 27.2 Å². The van der Waals surface area contributed by atoms with Crippen molar-refractivity contribution in [3.63, 3.8) is 0 Å². The summed E-state index contributed by atoms with van der Waals surface area (Å²) in [5.41, 5.74) is 5.12. The number of nitrogens with zero attached hydrogens (tertiary/aromatic N) is 6. The monoisotopic (exact) mass is 436 g/mol. The molecule has 31 heavy (non-hydrogen) atoms.